The van der Waals surface area contributed by atoms with Gasteiger partial charge in [0.15, 0.2) is 0 Å². The second-order valence-corrected chi connectivity index (χ2v) is 10.6. The van der Waals surface area contributed by atoms with E-state index in [0.29, 0.717) is 12.3 Å². The van der Waals surface area contributed by atoms with Gasteiger partial charge in [0, 0.05) is 24.9 Å². The minimum absolute atomic E-state index is 0.121. The molecule has 1 amide bonds. The van der Waals surface area contributed by atoms with Crippen LogP contribution in [0.3, 0.4) is 0 Å². The molecule has 0 unspecified atom stereocenters. The Morgan fingerprint density at radius 3 is 2.31 bits per heavy atom. The van der Waals surface area contributed by atoms with E-state index < -0.39 is 0 Å². The average Bonchev–Trinajstić information content (AvgIpc) is 3.28. The SMILES string of the molecule is CC(=N/C=C(\C)c1ccc(B2OC(C)(C)C(C)(C)O2)cc1)[C@@H]1CCCN1C(=O)CC(C)C. The smallest absolute Gasteiger partial charge is 0.399 e. The lowest BCUT2D eigenvalue weighted by Crippen LogP contribution is -2.41. The molecule has 32 heavy (non-hydrogen) atoms. The van der Waals surface area contributed by atoms with Crippen molar-refractivity contribution in [3.05, 3.63) is 36.0 Å². The molecule has 2 saturated heterocycles. The van der Waals surface area contributed by atoms with Crippen molar-refractivity contribution in [2.24, 2.45) is 10.9 Å². The summed E-state index contributed by atoms with van der Waals surface area (Å²) in [6.45, 7) is 17.4. The van der Waals surface area contributed by atoms with E-state index in [4.69, 9.17) is 14.3 Å². The fourth-order valence-electron chi connectivity index (χ4n) is 4.21. The number of hydrogen-bond donors (Lipinski definition) is 0. The van der Waals surface area contributed by atoms with E-state index in [1.807, 2.05) is 18.0 Å². The molecule has 0 saturated carbocycles. The monoisotopic (exact) mass is 438 g/mol. The molecule has 6 heteroatoms. The first-order valence-corrected chi connectivity index (χ1v) is 11.9. The van der Waals surface area contributed by atoms with Gasteiger partial charge in [-0.25, -0.2) is 0 Å². The van der Waals surface area contributed by atoms with Crippen LogP contribution in [0.25, 0.3) is 5.57 Å². The zero-order chi connectivity index (χ0) is 23.7. The Hall–Kier alpha value is -1.92. The lowest BCUT2D eigenvalue weighted by molar-refractivity contribution is -0.131. The Morgan fingerprint density at radius 1 is 1.16 bits per heavy atom. The van der Waals surface area contributed by atoms with Gasteiger partial charge in [-0.2, -0.15) is 0 Å². The normalized spacial score (nSPS) is 23.3. The second kappa shape index (κ2) is 9.52. The van der Waals surface area contributed by atoms with Crippen molar-refractivity contribution in [1.82, 2.24) is 4.90 Å². The van der Waals surface area contributed by atoms with Crippen molar-refractivity contribution in [3.8, 4) is 0 Å². The van der Waals surface area contributed by atoms with Crippen LogP contribution in [-0.4, -0.2) is 47.4 Å². The van der Waals surface area contributed by atoms with Gasteiger partial charge in [-0.05, 0) is 76.9 Å². The molecule has 2 aliphatic heterocycles. The number of nitrogens with zero attached hydrogens (tertiary/aromatic N) is 2. The van der Waals surface area contributed by atoms with Crippen molar-refractivity contribution < 1.29 is 14.1 Å². The quantitative estimate of drug-likeness (QED) is 0.472. The molecule has 0 spiro atoms. The molecule has 5 nitrogen and oxygen atoms in total. The maximum Gasteiger partial charge on any atom is 0.494 e. The number of hydrogen-bond acceptors (Lipinski definition) is 4. The summed E-state index contributed by atoms with van der Waals surface area (Å²) in [5.41, 5.74) is 3.54. The first kappa shape index (κ1) is 24.7. The van der Waals surface area contributed by atoms with Crippen LogP contribution in [0.15, 0.2) is 35.5 Å². The third kappa shape index (κ3) is 5.35. The maximum atomic E-state index is 12.6. The Labute approximate surface area is 194 Å². The largest absolute Gasteiger partial charge is 0.494 e. The molecule has 1 atom stereocenters. The van der Waals surface area contributed by atoms with E-state index in [9.17, 15) is 4.79 Å². The van der Waals surface area contributed by atoms with Gasteiger partial charge in [-0.15, -0.1) is 0 Å². The van der Waals surface area contributed by atoms with Crippen LogP contribution in [0.4, 0.5) is 0 Å². The Kier molecular flexibility index (Phi) is 7.36. The minimum Gasteiger partial charge on any atom is -0.399 e. The zero-order valence-electron chi connectivity index (χ0n) is 21.1. The molecule has 1 aromatic carbocycles. The lowest BCUT2D eigenvalue weighted by Gasteiger charge is -2.32. The molecular formula is C26H39BN2O3. The predicted octanol–water partition coefficient (Wildman–Crippen LogP) is 4.84. The van der Waals surface area contributed by atoms with Crippen LogP contribution in [0, 0.1) is 5.92 Å². The molecule has 0 N–H and O–H groups in total. The van der Waals surface area contributed by atoms with Crippen LogP contribution in [0.2, 0.25) is 0 Å². The van der Waals surface area contributed by atoms with E-state index in [0.717, 1.165) is 41.7 Å². The number of benzene rings is 1. The number of carbonyl (C=O) groups is 1. The molecule has 2 fully saturated rings. The number of aliphatic imine (C=N–C) groups is 1. The van der Waals surface area contributed by atoms with Crippen molar-refractivity contribution in [2.45, 2.75) is 91.9 Å². The highest BCUT2D eigenvalue weighted by Gasteiger charge is 2.51. The lowest BCUT2D eigenvalue weighted by atomic mass is 9.78. The van der Waals surface area contributed by atoms with E-state index in [1.165, 1.54) is 0 Å². The average molecular weight is 438 g/mol. The predicted molar refractivity (Wildman–Crippen MR) is 133 cm³/mol. The summed E-state index contributed by atoms with van der Waals surface area (Å²) in [6, 6.07) is 8.43. The van der Waals surface area contributed by atoms with Gasteiger partial charge in [0.1, 0.15) is 0 Å². The Morgan fingerprint density at radius 2 is 1.75 bits per heavy atom. The minimum atomic E-state index is -0.352. The summed E-state index contributed by atoms with van der Waals surface area (Å²) >= 11 is 0. The van der Waals surface area contributed by atoms with Gasteiger partial charge in [0.05, 0.1) is 17.2 Å². The van der Waals surface area contributed by atoms with Crippen molar-refractivity contribution in [2.75, 3.05) is 6.54 Å². The fourth-order valence-corrected chi connectivity index (χ4v) is 4.21. The number of likely N-dealkylation sites (tertiary alicyclic amines) is 1. The molecule has 0 radical (unpaired) electrons. The molecule has 0 aliphatic carbocycles. The van der Waals surface area contributed by atoms with Crippen LogP contribution < -0.4 is 5.46 Å². The molecule has 174 valence electrons. The van der Waals surface area contributed by atoms with E-state index in [-0.39, 0.29) is 30.3 Å². The highest BCUT2D eigenvalue weighted by molar-refractivity contribution is 6.62. The number of carbonyl (C=O) groups excluding carboxylic acids is 1. The van der Waals surface area contributed by atoms with Gasteiger partial charge >= 0.3 is 7.12 Å². The summed E-state index contributed by atoms with van der Waals surface area (Å²) in [7, 11) is -0.352. The summed E-state index contributed by atoms with van der Waals surface area (Å²) in [4.78, 5) is 19.3. The third-order valence-corrected chi connectivity index (χ3v) is 6.99. The van der Waals surface area contributed by atoms with E-state index in [2.05, 4.69) is 72.7 Å². The standard InChI is InChI=1S/C26H39BN2O3/c1-18(2)16-24(30)29-15-9-10-23(29)20(4)28-17-19(3)21-11-13-22(14-12-21)27-31-25(5,6)26(7,8)32-27/h11-14,17-18,23H,9-10,15-16H2,1-8H3/b19-17+,28-20?/t23-/m0/s1. The Bertz CT molecular complexity index is 871. The van der Waals surface area contributed by atoms with E-state index in [1.54, 1.807) is 0 Å². The Balaban J connectivity index is 1.68. The highest BCUT2D eigenvalue weighted by Crippen LogP contribution is 2.36. The summed E-state index contributed by atoms with van der Waals surface area (Å²) < 4.78 is 12.3. The number of allylic oxidation sites excluding steroid dienone is 1. The summed E-state index contributed by atoms with van der Waals surface area (Å²) in [5.74, 6) is 0.624. The highest BCUT2D eigenvalue weighted by atomic mass is 16.7. The van der Waals surface area contributed by atoms with Crippen LogP contribution in [0.5, 0.6) is 0 Å². The maximum absolute atomic E-state index is 12.6. The first-order chi connectivity index (χ1) is 14.9. The van der Waals surface area contributed by atoms with Crippen LogP contribution in [-0.2, 0) is 14.1 Å². The first-order valence-electron chi connectivity index (χ1n) is 11.9. The number of amides is 1. The molecule has 0 bridgehead atoms. The van der Waals surface area contributed by atoms with Crippen molar-refractivity contribution in [1.29, 1.82) is 0 Å². The number of rotatable bonds is 6. The van der Waals surface area contributed by atoms with Gasteiger partial charge in [0.2, 0.25) is 5.91 Å². The van der Waals surface area contributed by atoms with E-state index >= 15 is 0 Å². The summed E-state index contributed by atoms with van der Waals surface area (Å²) in [5, 5.41) is 0. The van der Waals surface area contributed by atoms with Crippen LogP contribution in [0.1, 0.15) is 80.2 Å². The summed E-state index contributed by atoms with van der Waals surface area (Å²) in [6.07, 6.45) is 4.57. The molecule has 1 aromatic rings. The zero-order valence-corrected chi connectivity index (χ0v) is 21.1. The molecule has 2 aliphatic rings. The van der Waals surface area contributed by atoms with Crippen molar-refractivity contribution in [3.63, 3.8) is 0 Å². The van der Waals surface area contributed by atoms with Crippen LogP contribution >= 0.6 is 0 Å². The van der Waals surface area contributed by atoms with Gasteiger partial charge in [-0.1, -0.05) is 38.1 Å². The third-order valence-electron chi connectivity index (χ3n) is 6.99. The molecule has 0 aromatic heterocycles. The molecular weight excluding hydrogens is 399 g/mol. The fraction of sp³-hybridized carbons (Fsp3) is 0.615. The molecule has 3 rings (SSSR count). The van der Waals surface area contributed by atoms with Crippen molar-refractivity contribution >= 4 is 29.8 Å². The second-order valence-electron chi connectivity index (χ2n) is 10.6. The molecule has 2 heterocycles. The topological polar surface area (TPSA) is 51.1 Å². The van der Waals surface area contributed by atoms with Gasteiger partial charge in [0.25, 0.3) is 0 Å². The van der Waals surface area contributed by atoms with Gasteiger partial charge in [-0.3, -0.25) is 9.79 Å². The van der Waals surface area contributed by atoms with Gasteiger partial charge < -0.3 is 14.2 Å².